The number of aryl methyl sites for hydroxylation is 1. The Morgan fingerprint density at radius 3 is 2.89 bits per heavy atom. The number of thiazole rings is 1. The maximum absolute atomic E-state index is 13.2. The summed E-state index contributed by atoms with van der Waals surface area (Å²) in [5, 5.41) is 10.5. The third-order valence-corrected chi connectivity index (χ3v) is 3.35. The maximum Gasteiger partial charge on any atom is 0.128 e. The van der Waals surface area contributed by atoms with Crippen molar-refractivity contribution in [3.8, 4) is 5.75 Å². The molecule has 0 saturated carbocycles. The van der Waals surface area contributed by atoms with Crippen LogP contribution < -0.4 is 4.74 Å². The SMILES string of the molecule is Cc1ncc(COc2cc(F)ccc2[C@@H](C)O)s1. The third-order valence-electron chi connectivity index (χ3n) is 2.46. The van der Waals surface area contributed by atoms with Crippen LogP contribution in [0.3, 0.4) is 0 Å². The molecule has 1 atom stereocenters. The first kappa shape index (κ1) is 13.0. The Morgan fingerprint density at radius 2 is 2.28 bits per heavy atom. The second kappa shape index (κ2) is 5.46. The molecule has 0 aliphatic rings. The fourth-order valence-electron chi connectivity index (χ4n) is 1.60. The largest absolute Gasteiger partial charge is 0.488 e. The van der Waals surface area contributed by atoms with Gasteiger partial charge < -0.3 is 9.84 Å². The van der Waals surface area contributed by atoms with Crippen molar-refractivity contribution < 1.29 is 14.2 Å². The number of nitrogens with zero attached hydrogens (tertiary/aromatic N) is 1. The fraction of sp³-hybridized carbons (Fsp3) is 0.308. The summed E-state index contributed by atoms with van der Waals surface area (Å²) in [4.78, 5) is 5.09. The minimum absolute atomic E-state index is 0.328. The number of halogens is 1. The van der Waals surface area contributed by atoms with E-state index < -0.39 is 6.10 Å². The molecule has 0 saturated heterocycles. The predicted molar refractivity (Wildman–Crippen MR) is 68.2 cm³/mol. The summed E-state index contributed by atoms with van der Waals surface area (Å²) in [6.07, 6.45) is 1.05. The lowest BCUT2D eigenvalue weighted by atomic mass is 10.1. The van der Waals surface area contributed by atoms with Crippen LogP contribution in [0.15, 0.2) is 24.4 Å². The average Bonchev–Trinajstić information content (AvgIpc) is 2.72. The first-order chi connectivity index (χ1) is 8.56. The van der Waals surface area contributed by atoms with Crippen LogP contribution in [-0.2, 0) is 6.61 Å². The number of rotatable bonds is 4. The summed E-state index contributed by atoms with van der Waals surface area (Å²) < 4.78 is 18.7. The normalized spacial score (nSPS) is 12.4. The Morgan fingerprint density at radius 1 is 1.50 bits per heavy atom. The van der Waals surface area contributed by atoms with Gasteiger partial charge in [-0.1, -0.05) is 0 Å². The molecule has 1 aromatic carbocycles. The summed E-state index contributed by atoms with van der Waals surface area (Å²) in [5.74, 6) is -0.00839. The molecule has 0 radical (unpaired) electrons. The molecule has 1 N–H and O–H groups in total. The van der Waals surface area contributed by atoms with E-state index in [1.807, 2.05) is 6.92 Å². The quantitative estimate of drug-likeness (QED) is 0.924. The molecule has 1 aromatic heterocycles. The van der Waals surface area contributed by atoms with Crippen molar-refractivity contribution in [1.29, 1.82) is 0 Å². The van der Waals surface area contributed by atoms with Gasteiger partial charge in [0.2, 0.25) is 0 Å². The van der Waals surface area contributed by atoms with E-state index in [1.165, 1.54) is 29.5 Å². The predicted octanol–water partition coefficient (Wildman–Crippen LogP) is 3.22. The number of hydrogen-bond donors (Lipinski definition) is 1. The molecule has 96 valence electrons. The van der Waals surface area contributed by atoms with Gasteiger partial charge in [0.25, 0.3) is 0 Å². The van der Waals surface area contributed by atoms with Crippen molar-refractivity contribution >= 4 is 11.3 Å². The van der Waals surface area contributed by atoms with Crippen LogP contribution in [0.4, 0.5) is 4.39 Å². The van der Waals surface area contributed by atoms with Gasteiger partial charge >= 0.3 is 0 Å². The lowest BCUT2D eigenvalue weighted by Crippen LogP contribution is -2.00. The summed E-state index contributed by atoms with van der Waals surface area (Å²) in [5.41, 5.74) is 0.581. The van der Waals surface area contributed by atoms with Crippen LogP contribution in [0.1, 0.15) is 28.5 Å². The van der Waals surface area contributed by atoms with Crippen LogP contribution in [0.25, 0.3) is 0 Å². The van der Waals surface area contributed by atoms with Gasteiger partial charge in [0.1, 0.15) is 18.2 Å². The molecule has 3 nitrogen and oxygen atoms in total. The fourth-order valence-corrected chi connectivity index (χ4v) is 2.31. The topological polar surface area (TPSA) is 42.4 Å². The summed E-state index contributed by atoms with van der Waals surface area (Å²) >= 11 is 1.53. The van der Waals surface area contributed by atoms with Gasteiger partial charge in [-0.15, -0.1) is 11.3 Å². The van der Waals surface area contributed by atoms with Gasteiger partial charge in [-0.2, -0.15) is 0 Å². The molecular formula is C13H14FNO2S. The molecule has 2 aromatic rings. The third kappa shape index (κ3) is 3.05. The van der Waals surface area contributed by atoms with Crippen LogP contribution >= 0.6 is 11.3 Å². The average molecular weight is 267 g/mol. The van der Waals surface area contributed by atoms with Crippen molar-refractivity contribution in [3.05, 3.63) is 45.7 Å². The van der Waals surface area contributed by atoms with Gasteiger partial charge in [-0.25, -0.2) is 9.37 Å². The molecule has 1 heterocycles. The minimum atomic E-state index is -0.691. The van der Waals surface area contributed by atoms with Crippen molar-refractivity contribution in [3.63, 3.8) is 0 Å². The van der Waals surface area contributed by atoms with Gasteiger partial charge in [0.15, 0.2) is 0 Å². The number of hydrogen-bond acceptors (Lipinski definition) is 4. The van der Waals surface area contributed by atoms with E-state index in [-0.39, 0.29) is 5.82 Å². The van der Waals surface area contributed by atoms with Crippen LogP contribution in [0, 0.1) is 12.7 Å². The number of ether oxygens (including phenoxy) is 1. The van der Waals surface area contributed by atoms with Crippen LogP contribution in [-0.4, -0.2) is 10.1 Å². The van der Waals surface area contributed by atoms with E-state index >= 15 is 0 Å². The molecule has 2 rings (SSSR count). The molecule has 5 heteroatoms. The van der Waals surface area contributed by atoms with Crippen LogP contribution in [0.5, 0.6) is 5.75 Å². The molecule has 0 amide bonds. The first-order valence-corrected chi connectivity index (χ1v) is 6.39. The molecule has 0 spiro atoms. The molecule has 0 bridgehead atoms. The molecular weight excluding hydrogens is 253 g/mol. The number of aliphatic hydroxyl groups is 1. The minimum Gasteiger partial charge on any atom is -0.488 e. The smallest absolute Gasteiger partial charge is 0.128 e. The molecule has 18 heavy (non-hydrogen) atoms. The van der Waals surface area contributed by atoms with E-state index in [1.54, 1.807) is 13.1 Å². The Kier molecular flexibility index (Phi) is 3.93. The monoisotopic (exact) mass is 267 g/mol. The highest BCUT2D eigenvalue weighted by molar-refractivity contribution is 7.11. The zero-order chi connectivity index (χ0) is 13.1. The highest BCUT2D eigenvalue weighted by Crippen LogP contribution is 2.27. The van der Waals surface area contributed by atoms with E-state index in [0.717, 1.165) is 9.88 Å². The Hall–Kier alpha value is -1.46. The lowest BCUT2D eigenvalue weighted by molar-refractivity contribution is 0.190. The van der Waals surface area contributed by atoms with Crippen molar-refractivity contribution in [2.75, 3.05) is 0 Å². The number of benzene rings is 1. The Bertz CT molecular complexity index is 540. The van der Waals surface area contributed by atoms with Gasteiger partial charge in [0.05, 0.1) is 16.0 Å². The van der Waals surface area contributed by atoms with Crippen molar-refractivity contribution in [2.24, 2.45) is 0 Å². The molecule has 0 unspecified atom stereocenters. The van der Waals surface area contributed by atoms with E-state index in [2.05, 4.69) is 4.98 Å². The molecule has 0 aliphatic heterocycles. The zero-order valence-corrected chi connectivity index (χ0v) is 11.0. The van der Waals surface area contributed by atoms with Gasteiger partial charge in [-0.05, 0) is 26.0 Å². The van der Waals surface area contributed by atoms with E-state index in [9.17, 15) is 9.50 Å². The second-order valence-corrected chi connectivity index (χ2v) is 5.31. The number of aliphatic hydroxyl groups excluding tert-OH is 1. The Balaban J connectivity index is 2.15. The lowest BCUT2D eigenvalue weighted by Gasteiger charge is -2.12. The zero-order valence-electron chi connectivity index (χ0n) is 10.2. The highest BCUT2D eigenvalue weighted by Gasteiger charge is 2.11. The van der Waals surface area contributed by atoms with Gasteiger partial charge in [0, 0.05) is 17.8 Å². The molecule has 0 fully saturated rings. The second-order valence-electron chi connectivity index (χ2n) is 3.99. The molecule has 0 aliphatic carbocycles. The summed E-state index contributed by atoms with van der Waals surface area (Å²) in [6.45, 7) is 3.86. The standard InChI is InChI=1S/C13H14FNO2S/c1-8(16)12-4-3-10(14)5-13(12)17-7-11-6-15-9(2)18-11/h3-6,8,16H,7H2,1-2H3/t8-/m1/s1. The highest BCUT2D eigenvalue weighted by atomic mass is 32.1. The summed E-state index contributed by atoms with van der Waals surface area (Å²) in [6, 6.07) is 4.13. The first-order valence-electron chi connectivity index (χ1n) is 5.58. The van der Waals surface area contributed by atoms with E-state index in [0.29, 0.717) is 17.9 Å². The van der Waals surface area contributed by atoms with E-state index in [4.69, 9.17) is 4.74 Å². The van der Waals surface area contributed by atoms with Crippen LogP contribution in [0.2, 0.25) is 0 Å². The van der Waals surface area contributed by atoms with Crippen molar-refractivity contribution in [1.82, 2.24) is 4.98 Å². The van der Waals surface area contributed by atoms with Crippen molar-refractivity contribution in [2.45, 2.75) is 26.6 Å². The number of aromatic nitrogens is 1. The van der Waals surface area contributed by atoms with Gasteiger partial charge in [-0.3, -0.25) is 0 Å². The summed E-state index contributed by atoms with van der Waals surface area (Å²) in [7, 11) is 0. The maximum atomic E-state index is 13.2. The Labute approximate surface area is 109 Å².